The molecule has 0 aromatic rings. The summed E-state index contributed by atoms with van der Waals surface area (Å²) in [5, 5.41) is 23.0. The molecule has 3 N–H and O–H groups in total. The number of carbonyl (C=O) groups excluding carboxylic acids is 1. The normalized spacial score (nSPS) is 13.5. The van der Waals surface area contributed by atoms with E-state index in [1.165, 1.54) is 103 Å². The SMILES string of the molecule is CCCCC/C=C\C/C=C\C/C=C\CCCCCCCCC(=O)NC(CO)C(O)CCCCCCCCCCCCC. The molecule has 0 aliphatic rings. The van der Waals surface area contributed by atoms with E-state index in [2.05, 4.69) is 55.6 Å². The summed E-state index contributed by atoms with van der Waals surface area (Å²) >= 11 is 0. The number of aliphatic hydroxyl groups is 2. The summed E-state index contributed by atoms with van der Waals surface area (Å²) in [7, 11) is 0. The fraction of sp³-hybridized carbons (Fsp3) is 0.816. The van der Waals surface area contributed by atoms with Crippen LogP contribution in [0.4, 0.5) is 0 Å². The van der Waals surface area contributed by atoms with Gasteiger partial charge in [-0.05, 0) is 51.4 Å². The molecule has 0 fully saturated rings. The van der Waals surface area contributed by atoms with E-state index in [-0.39, 0.29) is 12.5 Å². The molecule has 0 aromatic heterocycles. The van der Waals surface area contributed by atoms with Crippen LogP contribution in [0, 0.1) is 0 Å². The van der Waals surface area contributed by atoms with Crippen molar-refractivity contribution in [3.8, 4) is 0 Å². The Morgan fingerprint density at radius 2 is 0.976 bits per heavy atom. The number of carbonyl (C=O) groups is 1. The quantitative estimate of drug-likeness (QED) is 0.0540. The Morgan fingerprint density at radius 3 is 1.50 bits per heavy atom. The van der Waals surface area contributed by atoms with Crippen LogP contribution >= 0.6 is 0 Å². The van der Waals surface area contributed by atoms with Crippen molar-refractivity contribution >= 4 is 5.91 Å². The number of hydrogen-bond donors (Lipinski definition) is 3. The van der Waals surface area contributed by atoms with Gasteiger partial charge in [0, 0.05) is 6.42 Å². The Balaban J connectivity index is 3.61. The molecule has 0 bridgehead atoms. The molecule has 0 rings (SSSR count). The van der Waals surface area contributed by atoms with Crippen molar-refractivity contribution in [1.82, 2.24) is 5.32 Å². The molecule has 42 heavy (non-hydrogen) atoms. The van der Waals surface area contributed by atoms with Gasteiger partial charge in [0.2, 0.25) is 5.91 Å². The number of unbranched alkanes of at least 4 members (excludes halogenated alkanes) is 19. The maximum Gasteiger partial charge on any atom is 0.220 e. The zero-order valence-corrected chi connectivity index (χ0v) is 28.0. The molecule has 2 unspecified atom stereocenters. The lowest BCUT2D eigenvalue weighted by Gasteiger charge is -2.22. The highest BCUT2D eigenvalue weighted by Gasteiger charge is 2.19. The molecule has 0 radical (unpaired) electrons. The van der Waals surface area contributed by atoms with Gasteiger partial charge in [-0.3, -0.25) is 4.79 Å². The maximum absolute atomic E-state index is 12.3. The van der Waals surface area contributed by atoms with Gasteiger partial charge in [-0.15, -0.1) is 0 Å². The van der Waals surface area contributed by atoms with E-state index in [1.54, 1.807) is 0 Å². The van der Waals surface area contributed by atoms with E-state index in [0.29, 0.717) is 12.8 Å². The number of hydrogen-bond acceptors (Lipinski definition) is 3. The van der Waals surface area contributed by atoms with E-state index in [1.807, 2.05) is 0 Å². The summed E-state index contributed by atoms with van der Waals surface area (Å²) in [6.07, 6.45) is 43.3. The van der Waals surface area contributed by atoms with Crippen LogP contribution in [0.2, 0.25) is 0 Å². The van der Waals surface area contributed by atoms with Crippen molar-refractivity contribution in [2.45, 2.75) is 193 Å². The maximum atomic E-state index is 12.3. The molecular weight excluding hydrogens is 518 g/mol. The lowest BCUT2D eigenvalue weighted by molar-refractivity contribution is -0.123. The Bertz CT molecular complexity index is 642. The van der Waals surface area contributed by atoms with Crippen molar-refractivity contribution in [1.29, 1.82) is 0 Å². The second-order valence-corrected chi connectivity index (χ2v) is 12.3. The summed E-state index contributed by atoms with van der Waals surface area (Å²) < 4.78 is 0. The van der Waals surface area contributed by atoms with Crippen LogP contribution in [0.25, 0.3) is 0 Å². The first-order valence-corrected chi connectivity index (χ1v) is 18.2. The predicted octanol–water partition coefficient (Wildman–Crippen LogP) is 10.7. The van der Waals surface area contributed by atoms with Crippen molar-refractivity contribution < 1.29 is 15.0 Å². The monoisotopic (exact) mass is 590 g/mol. The molecule has 0 aromatic carbocycles. The van der Waals surface area contributed by atoms with Gasteiger partial charge in [-0.25, -0.2) is 0 Å². The largest absolute Gasteiger partial charge is 0.394 e. The topological polar surface area (TPSA) is 69.6 Å². The highest BCUT2D eigenvalue weighted by atomic mass is 16.3. The first-order chi connectivity index (χ1) is 20.7. The second-order valence-electron chi connectivity index (χ2n) is 12.3. The van der Waals surface area contributed by atoms with E-state index in [4.69, 9.17) is 0 Å². The Morgan fingerprint density at radius 1 is 0.571 bits per heavy atom. The second kappa shape index (κ2) is 34.1. The average Bonchev–Trinajstić information content (AvgIpc) is 2.99. The molecule has 0 saturated carbocycles. The third-order valence-electron chi connectivity index (χ3n) is 8.15. The fourth-order valence-electron chi connectivity index (χ4n) is 5.31. The molecule has 4 heteroatoms. The molecular formula is C38H71NO3. The first-order valence-electron chi connectivity index (χ1n) is 18.2. The summed E-state index contributed by atoms with van der Waals surface area (Å²) in [6.45, 7) is 4.30. The minimum atomic E-state index is -0.662. The predicted molar refractivity (Wildman–Crippen MR) is 184 cm³/mol. The molecule has 0 spiro atoms. The zero-order chi connectivity index (χ0) is 30.8. The third kappa shape index (κ3) is 30.1. The Hall–Kier alpha value is -1.39. The highest BCUT2D eigenvalue weighted by molar-refractivity contribution is 5.76. The molecule has 0 aliphatic carbocycles. The third-order valence-corrected chi connectivity index (χ3v) is 8.15. The van der Waals surface area contributed by atoms with Crippen molar-refractivity contribution in [3.05, 3.63) is 36.5 Å². The highest BCUT2D eigenvalue weighted by Crippen LogP contribution is 2.14. The van der Waals surface area contributed by atoms with Crippen LogP contribution in [0.3, 0.4) is 0 Å². The van der Waals surface area contributed by atoms with E-state index >= 15 is 0 Å². The van der Waals surface area contributed by atoms with Crippen molar-refractivity contribution in [2.24, 2.45) is 0 Å². The standard InChI is InChI=1S/C38H71NO3/c1-3-5-7-9-11-13-15-16-17-18-19-20-21-22-24-26-28-30-32-34-38(42)39-36(35-40)37(41)33-31-29-27-25-23-14-12-10-8-6-4-2/h11,13,16-17,19-20,36-37,40-41H,3-10,12,14-15,18,21-35H2,1-2H3,(H,39,42)/b13-11-,17-16-,20-19-. The first kappa shape index (κ1) is 40.6. The van der Waals surface area contributed by atoms with Gasteiger partial charge in [0.1, 0.15) is 0 Å². The van der Waals surface area contributed by atoms with Gasteiger partial charge in [0.05, 0.1) is 18.8 Å². The lowest BCUT2D eigenvalue weighted by atomic mass is 10.0. The van der Waals surface area contributed by atoms with E-state index < -0.39 is 12.1 Å². The minimum Gasteiger partial charge on any atom is -0.394 e. The van der Waals surface area contributed by atoms with Crippen LogP contribution in [0.15, 0.2) is 36.5 Å². The van der Waals surface area contributed by atoms with Crippen LogP contribution in [0.5, 0.6) is 0 Å². The smallest absolute Gasteiger partial charge is 0.220 e. The Labute approximate surface area is 261 Å². The number of nitrogens with one attached hydrogen (secondary N) is 1. The summed E-state index contributed by atoms with van der Waals surface area (Å²) in [6, 6.07) is -0.540. The average molecular weight is 590 g/mol. The number of rotatable bonds is 32. The van der Waals surface area contributed by atoms with E-state index in [0.717, 1.165) is 51.4 Å². The lowest BCUT2D eigenvalue weighted by Crippen LogP contribution is -2.45. The zero-order valence-electron chi connectivity index (χ0n) is 28.0. The van der Waals surface area contributed by atoms with Crippen LogP contribution in [-0.2, 0) is 4.79 Å². The molecule has 1 amide bonds. The minimum absolute atomic E-state index is 0.0470. The van der Waals surface area contributed by atoms with Crippen LogP contribution in [0.1, 0.15) is 181 Å². The summed E-state index contributed by atoms with van der Waals surface area (Å²) in [4.78, 5) is 12.3. The number of allylic oxidation sites excluding steroid dienone is 6. The molecule has 0 heterocycles. The van der Waals surface area contributed by atoms with Gasteiger partial charge in [0.15, 0.2) is 0 Å². The van der Waals surface area contributed by atoms with Gasteiger partial charge in [-0.2, -0.15) is 0 Å². The molecule has 0 aliphatic heterocycles. The number of amides is 1. The van der Waals surface area contributed by atoms with Gasteiger partial charge >= 0.3 is 0 Å². The van der Waals surface area contributed by atoms with Gasteiger partial charge < -0.3 is 15.5 Å². The van der Waals surface area contributed by atoms with Crippen molar-refractivity contribution in [2.75, 3.05) is 6.61 Å². The molecule has 0 saturated heterocycles. The van der Waals surface area contributed by atoms with Gasteiger partial charge in [-0.1, -0.05) is 159 Å². The molecule has 2 atom stereocenters. The fourth-order valence-corrected chi connectivity index (χ4v) is 5.31. The Kier molecular flexibility index (Phi) is 33.0. The van der Waals surface area contributed by atoms with Crippen LogP contribution < -0.4 is 5.32 Å². The van der Waals surface area contributed by atoms with Crippen LogP contribution in [-0.4, -0.2) is 34.9 Å². The summed E-state index contributed by atoms with van der Waals surface area (Å²) in [5.41, 5.74) is 0. The van der Waals surface area contributed by atoms with Gasteiger partial charge in [0.25, 0.3) is 0 Å². The summed E-state index contributed by atoms with van der Waals surface area (Å²) in [5.74, 6) is -0.0470. The molecule has 4 nitrogen and oxygen atoms in total. The van der Waals surface area contributed by atoms with E-state index in [9.17, 15) is 15.0 Å². The molecule has 246 valence electrons. The number of aliphatic hydroxyl groups excluding tert-OH is 2. The van der Waals surface area contributed by atoms with Crippen molar-refractivity contribution in [3.63, 3.8) is 0 Å².